The number of nitrogens with zero attached hydrogens (tertiary/aromatic N) is 1. The molecule has 1 aromatic heterocycles. The van der Waals surface area contributed by atoms with E-state index < -0.39 is 59.6 Å². The number of nitrogens with one attached hydrogen (secondary N) is 2. The smallest absolute Gasteiger partial charge is 0.390 e. The molecule has 19 heteroatoms. The predicted octanol–water partition coefficient (Wildman–Crippen LogP) is -1.59. The molecule has 1 aliphatic rings. The van der Waals surface area contributed by atoms with E-state index in [1.165, 1.54) is 13.1 Å². The quantitative estimate of drug-likeness (QED) is 0.207. The highest BCUT2D eigenvalue weighted by molar-refractivity contribution is 7.70. The van der Waals surface area contributed by atoms with E-state index in [2.05, 4.69) is 8.83 Å². The Morgan fingerprint density at radius 1 is 1.28 bits per heavy atom. The van der Waals surface area contributed by atoms with Crippen molar-refractivity contribution < 1.29 is 51.9 Å². The zero-order valence-corrected chi connectivity index (χ0v) is 17.2. The summed E-state index contributed by atoms with van der Waals surface area (Å²) >= 11 is 0. The van der Waals surface area contributed by atoms with Gasteiger partial charge in [-0.15, -0.1) is 4.86 Å². The van der Waals surface area contributed by atoms with Crippen molar-refractivity contribution in [1.29, 1.82) is 0 Å². The number of hydrogen-bond donors (Lipinski definition) is 7. The number of phosphoric acid groups is 1. The Morgan fingerprint density at radius 2 is 1.90 bits per heavy atom. The van der Waals surface area contributed by atoms with E-state index in [0.717, 1.165) is 9.42 Å². The highest BCUT2D eigenvalue weighted by atomic mass is 31.3. The monoisotopic (exact) mass is 481 g/mol. The van der Waals surface area contributed by atoms with Crippen LogP contribution in [0.1, 0.15) is 18.2 Å². The zero-order chi connectivity index (χ0) is 22.2. The van der Waals surface area contributed by atoms with Gasteiger partial charge in [-0.3, -0.25) is 18.9 Å². The normalized spacial score (nSPS) is 26.8. The molecule has 7 N–H and O–H groups in total. The highest BCUT2D eigenvalue weighted by Gasteiger charge is 2.41. The van der Waals surface area contributed by atoms with Crippen molar-refractivity contribution in [3.05, 3.63) is 32.6 Å². The number of hydrogen-bond acceptors (Lipinski definition) is 9. The summed E-state index contributed by atoms with van der Waals surface area (Å²) in [6, 6.07) is 0. The number of ether oxygens (including phenoxy) is 1. The maximum Gasteiger partial charge on any atom is 0.480 e. The molecule has 1 aromatic rings. The molecule has 1 aliphatic heterocycles. The average molecular weight is 481 g/mol. The first-order chi connectivity index (χ1) is 13.1. The average Bonchev–Trinajstić information content (AvgIpc) is 2.86. The van der Waals surface area contributed by atoms with Crippen LogP contribution in [-0.2, 0) is 27.3 Å². The lowest BCUT2D eigenvalue weighted by Gasteiger charge is -2.20. The van der Waals surface area contributed by atoms with Gasteiger partial charge in [-0.25, -0.2) is 18.5 Å². The Kier molecular flexibility index (Phi) is 7.23. The van der Waals surface area contributed by atoms with E-state index in [9.17, 15) is 33.3 Å². The third kappa shape index (κ3) is 7.03. The lowest BCUT2D eigenvalue weighted by molar-refractivity contribution is -0.0448. The van der Waals surface area contributed by atoms with Crippen LogP contribution in [0.3, 0.4) is 0 Å². The minimum absolute atomic E-state index is 0.158. The number of aliphatic hydroxyl groups excluding tert-OH is 1. The Hall–Kier alpha value is -0.990. The third-order valence-electron chi connectivity index (χ3n) is 3.53. The van der Waals surface area contributed by atoms with E-state index in [0.29, 0.717) is 0 Å². The number of rotatable bonds is 8. The maximum atomic E-state index is 11.9. The van der Waals surface area contributed by atoms with E-state index in [1.54, 1.807) is 0 Å². The van der Waals surface area contributed by atoms with Crippen LogP contribution >= 0.6 is 23.3 Å². The van der Waals surface area contributed by atoms with Gasteiger partial charge in [0.25, 0.3) is 5.56 Å². The maximum absolute atomic E-state index is 11.9. The van der Waals surface area contributed by atoms with Gasteiger partial charge in [0.1, 0.15) is 12.3 Å². The summed E-state index contributed by atoms with van der Waals surface area (Å²) in [7, 11) is -16.0. The molecule has 0 spiro atoms. The van der Waals surface area contributed by atoms with E-state index in [-0.39, 0.29) is 12.0 Å². The number of aromatic nitrogens is 2. The molecule has 0 bridgehead atoms. The van der Waals surface area contributed by atoms with Crippen LogP contribution in [0, 0.1) is 6.92 Å². The predicted molar refractivity (Wildman–Crippen MR) is 92.5 cm³/mol. The van der Waals surface area contributed by atoms with Gasteiger partial charge in [-0.05, 0) is 6.92 Å². The van der Waals surface area contributed by atoms with Gasteiger partial charge in [0.15, 0.2) is 0 Å². The molecule has 0 saturated carbocycles. The van der Waals surface area contributed by atoms with Crippen molar-refractivity contribution in [2.45, 2.75) is 31.8 Å². The summed E-state index contributed by atoms with van der Waals surface area (Å²) in [5.74, 6) is 0. The number of H-pyrrole nitrogens is 1. The molecule has 29 heavy (non-hydrogen) atoms. The van der Waals surface area contributed by atoms with Crippen molar-refractivity contribution in [2.24, 2.45) is 0 Å². The van der Waals surface area contributed by atoms with Crippen LogP contribution in [0.2, 0.25) is 0 Å². The summed E-state index contributed by atoms with van der Waals surface area (Å²) in [6.45, 7) is 0.581. The third-order valence-corrected chi connectivity index (χ3v) is 7.77. The van der Waals surface area contributed by atoms with E-state index in [4.69, 9.17) is 19.4 Å². The van der Waals surface area contributed by atoms with Crippen LogP contribution in [0.4, 0.5) is 0 Å². The SMILES string of the molecule is Cc1cn([C@H]2C[C@H](O)[C@@H](COP(=O)(O)OP(=O)(O)NP(=O)(O)O)O2)c(=O)[nH]c1=O. The first kappa shape index (κ1) is 24.3. The van der Waals surface area contributed by atoms with Gasteiger partial charge < -0.3 is 29.4 Å². The summed E-state index contributed by atoms with van der Waals surface area (Å²) in [4.78, 5) is 61.9. The number of aliphatic hydroxyl groups is 1. The van der Waals surface area contributed by atoms with Crippen LogP contribution < -0.4 is 16.1 Å². The van der Waals surface area contributed by atoms with Gasteiger partial charge in [-0.2, -0.15) is 4.31 Å². The molecule has 1 saturated heterocycles. The molecule has 0 radical (unpaired) electrons. The van der Waals surface area contributed by atoms with Crippen LogP contribution in [0.15, 0.2) is 15.8 Å². The molecule has 0 aromatic carbocycles. The summed E-state index contributed by atoms with van der Waals surface area (Å²) in [5, 5.41) is 9.99. The van der Waals surface area contributed by atoms with Gasteiger partial charge in [-0.1, -0.05) is 0 Å². The van der Waals surface area contributed by atoms with Crippen molar-refractivity contribution >= 4 is 23.3 Å². The van der Waals surface area contributed by atoms with Gasteiger partial charge in [0.05, 0.1) is 12.7 Å². The Labute approximate surface area is 161 Å². The van der Waals surface area contributed by atoms with Crippen molar-refractivity contribution in [2.75, 3.05) is 6.61 Å². The highest BCUT2D eigenvalue weighted by Crippen LogP contribution is 2.61. The van der Waals surface area contributed by atoms with Crippen LogP contribution in [0.25, 0.3) is 0 Å². The van der Waals surface area contributed by atoms with Gasteiger partial charge >= 0.3 is 29.0 Å². The van der Waals surface area contributed by atoms with E-state index in [1.807, 2.05) is 4.98 Å². The molecule has 5 atom stereocenters. The van der Waals surface area contributed by atoms with Crippen molar-refractivity contribution in [3.8, 4) is 0 Å². The molecule has 0 aliphatic carbocycles. The standard InChI is InChI=1S/C10H18N3O13P3/c1-5-3-13(10(16)11-9(5)15)8-2-6(14)7(25-8)4-24-29(22,23)26-28(20,21)12-27(17,18)19/h3,6-8,14H,2,4H2,1H3,(H,22,23)(H,11,15,16)(H4,12,17,18,19,20,21)/t6-,7+,8+/m0/s1. The van der Waals surface area contributed by atoms with Crippen molar-refractivity contribution in [3.63, 3.8) is 0 Å². The number of aromatic amines is 1. The van der Waals surface area contributed by atoms with Crippen LogP contribution in [0.5, 0.6) is 0 Å². The van der Waals surface area contributed by atoms with Crippen LogP contribution in [-0.4, -0.2) is 53.0 Å². The second-order valence-electron chi connectivity index (χ2n) is 5.92. The molecule has 1 fully saturated rings. The molecule has 166 valence electrons. The molecule has 0 amide bonds. The Bertz CT molecular complexity index is 1010. The molecule has 2 rings (SSSR count). The molecule has 2 unspecified atom stereocenters. The first-order valence-corrected chi connectivity index (χ1v) is 12.3. The lowest BCUT2D eigenvalue weighted by atomic mass is 10.2. The summed E-state index contributed by atoms with van der Waals surface area (Å²) < 4.78 is 48.4. The fraction of sp³-hybridized carbons (Fsp3) is 0.600. The molecule has 2 heterocycles. The summed E-state index contributed by atoms with van der Waals surface area (Å²) in [6.07, 6.45) is -2.60. The second-order valence-corrected chi connectivity index (χ2v) is 10.7. The van der Waals surface area contributed by atoms with E-state index >= 15 is 0 Å². The first-order valence-electron chi connectivity index (χ1n) is 7.61. The largest absolute Gasteiger partial charge is 0.480 e. The summed E-state index contributed by atoms with van der Waals surface area (Å²) in [5.41, 5.74) is -1.24. The number of phosphoric ester groups is 1. The zero-order valence-electron chi connectivity index (χ0n) is 14.5. The minimum atomic E-state index is -5.42. The fourth-order valence-corrected chi connectivity index (χ4v) is 5.78. The second kappa shape index (κ2) is 8.63. The van der Waals surface area contributed by atoms with Gasteiger partial charge in [0, 0.05) is 18.2 Å². The minimum Gasteiger partial charge on any atom is -0.390 e. The fourth-order valence-electron chi connectivity index (χ4n) is 2.35. The Morgan fingerprint density at radius 3 is 2.48 bits per heavy atom. The van der Waals surface area contributed by atoms with Crippen molar-refractivity contribution in [1.82, 2.24) is 14.4 Å². The molecular weight excluding hydrogens is 463 g/mol. The topological polar surface area (TPSA) is 247 Å². The Balaban J connectivity index is 2.03. The molecule has 16 nitrogen and oxygen atoms in total. The molecular formula is C10H18N3O13P3. The lowest BCUT2D eigenvalue weighted by Crippen LogP contribution is -2.33. The number of aryl methyl sites for hydroxylation is 1. The van der Waals surface area contributed by atoms with Gasteiger partial charge in [0.2, 0.25) is 0 Å².